The van der Waals surface area contributed by atoms with Crippen LogP contribution in [0.1, 0.15) is 53.3 Å². The zero-order valence-corrected chi connectivity index (χ0v) is 15.6. The van der Waals surface area contributed by atoms with Gasteiger partial charge in [-0.3, -0.25) is 30.6 Å². The number of non-ortho nitro benzene ring substituents is 1. The molecule has 0 aromatic heterocycles. The van der Waals surface area contributed by atoms with Crippen molar-refractivity contribution in [1.29, 1.82) is 0 Å². The summed E-state index contributed by atoms with van der Waals surface area (Å²) < 4.78 is 5.62. The number of nitrogens with zero attached hydrogens (tertiary/aromatic N) is 1. The first-order chi connectivity index (χ1) is 13.5. The van der Waals surface area contributed by atoms with Gasteiger partial charge in [0.25, 0.3) is 17.5 Å². The SMILES string of the molecule is CCCCCCOc1ccc(C(=O)NNC(=O)c2cccc([N+](=O)[O-])c2)cc1. The summed E-state index contributed by atoms with van der Waals surface area (Å²) in [6.45, 7) is 2.78. The van der Waals surface area contributed by atoms with Gasteiger partial charge in [-0.2, -0.15) is 0 Å². The zero-order chi connectivity index (χ0) is 20.4. The number of nitro groups is 1. The van der Waals surface area contributed by atoms with Crippen molar-refractivity contribution in [3.05, 3.63) is 69.8 Å². The number of nitro benzene ring substituents is 1. The first-order valence-electron chi connectivity index (χ1n) is 9.09. The molecular weight excluding hydrogens is 362 g/mol. The van der Waals surface area contributed by atoms with Crippen LogP contribution < -0.4 is 15.6 Å². The molecule has 0 atom stereocenters. The molecule has 2 amide bonds. The predicted octanol–water partition coefficient (Wildman–Crippen LogP) is 3.63. The maximum atomic E-state index is 12.1. The van der Waals surface area contributed by atoms with E-state index in [4.69, 9.17) is 4.74 Å². The smallest absolute Gasteiger partial charge is 0.270 e. The van der Waals surface area contributed by atoms with Gasteiger partial charge in [0.05, 0.1) is 11.5 Å². The van der Waals surface area contributed by atoms with E-state index in [2.05, 4.69) is 17.8 Å². The van der Waals surface area contributed by atoms with Crippen molar-refractivity contribution in [2.75, 3.05) is 6.61 Å². The van der Waals surface area contributed by atoms with Crippen LogP contribution in [0.5, 0.6) is 5.75 Å². The minimum atomic E-state index is -0.649. The summed E-state index contributed by atoms with van der Waals surface area (Å²) in [5, 5.41) is 10.8. The Hall–Kier alpha value is -3.42. The van der Waals surface area contributed by atoms with Gasteiger partial charge in [0, 0.05) is 23.3 Å². The van der Waals surface area contributed by atoms with Gasteiger partial charge in [-0.15, -0.1) is 0 Å². The van der Waals surface area contributed by atoms with E-state index >= 15 is 0 Å². The quantitative estimate of drug-likeness (QED) is 0.389. The third-order valence-electron chi connectivity index (χ3n) is 3.99. The van der Waals surface area contributed by atoms with E-state index in [0.717, 1.165) is 18.9 Å². The molecule has 0 unspecified atom stereocenters. The highest BCUT2D eigenvalue weighted by Crippen LogP contribution is 2.14. The van der Waals surface area contributed by atoms with Gasteiger partial charge in [0.1, 0.15) is 5.75 Å². The molecule has 0 saturated carbocycles. The molecule has 2 N–H and O–H groups in total. The fourth-order valence-electron chi connectivity index (χ4n) is 2.44. The lowest BCUT2D eigenvalue weighted by Gasteiger charge is -2.09. The van der Waals surface area contributed by atoms with Crippen molar-refractivity contribution in [3.8, 4) is 5.75 Å². The number of nitrogens with one attached hydrogen (secondary N) is 2. The lowest BCUT2D eigenvalue weighted by Crippen LogP contribution is -2.41. The number of amides is 2. The molecule has 2 aromatic rings. The van der Waals surface area contributed by atoms with E-state index < -0.39 is 16.7 Å². The Bertz CT molecular complexity index is 821. The molecule has 8 heteroatoms. The van der Waals surface area contributed by atoms with Crippen LogP contribution in [0.4, 0.5) is 5.69 Å². The summed E-state index contributed by atoms with van der Waals surface area (Å²) in [5.41, 5.74) is 4.73. The van der Waals surface area contributed by atoms with Gasteiger partial charge >= 0.3 is 0 Å². The average molecular weight is 385 g/mol. The first kappa shape index (κ1) is 20.9. The van der Waals surface area contributed by atoms with E-state index in [1.54, 1.807) is 24.3 Å². The summed E-state index contributed by atoms with van der Waals surface area (Å²) in [5.74, 6) is -0.481. The average Bonchev–Trinajstić information content (AvgIpc) is 2.72. The van der Waals surface area contributed by atoms with Crippen LogP contribution in [0.3, 0.4) is 0 Å². The molecule has 0 spiro atoms. The van der Waals surface area contributed by atoms with Crippen LogP contribution in [0.2, 0.25) is 0 Å². The summed E-state index contributed by atoms with van der Waals surface area (Å²) >= 11 is 0. The summed E-state index contributed by atoms with van der Waals surface area (Å²) in [6.07, 6.45) is 4.47. The molecule has 0 aliphatic carbocycles. The Kier molecular flexibility index (Phi) is 7.95. The third-order valence-corrected chi connectivity index (χ3v) is 3.99. The monoisotopic (exact) mass is 385 g/mol. The van der Waals surface area contributed by atoms with E-state index in [-0.39, 0.29) is 11.3 Å². The molecule has 0 aliphatic heterocycles. The van der Waals surface area contributed by atoms with E-state index in [1.807, 2.05) is 0 Å². The fraction of sp³-hybridized carbons (Fsp3) is 0.300. The van der Waals surface area contributed by atoms with Crippen LogP contribution in [-0.4, -0.2) is 23.3 Å². The summed E-state index contributed by atoms with van der Waals surface area (Å²) in [6, 6.07) is 11.8. The number of rotatable bonds is 9. The number of hydrazine groups is 1. The fourth-order valence-corrected chi connectivity index (χ4v) is 2.44. The molecule has 0 radical (unpaired) electrons. The highest BCUT2D eigenvalue weighted by atomic mass is 16.6. The highest BCUT2D eigenvalue weighted by molar-refractivity contribution is 5.99. The molecule has 0 aliphatic rings. The number of hydrogen-bond donors (Lipinski definition) is 2. The molecule has 2 rings (SSSR count). The second-order valence-corrected chi connectivity index (χ2v) is 6.15. The van der Waals surface area contributed by atoms with E-state index in [1.165, 1.54) is 31.0 Å². The number of carbonyl (C=O) groups is 2. The van der Waals surface area contributed by atoms with Gasteiger partial charge in [-0.1, -0.05) is 32.3 Å². The predicted molar refractivity (Wildman–Crippen MR) is 104 cm³/mol. The molecule has 0 bridgehead atoms. The Balaban J connectivity index is 1.83. The number of benzene rings is 2. The van der Waals surface area contributed by atoms with Gasteiger partial charge in [0.2, 0.25) is 0 Å². The third kappa shape index (κ3) is 6.39. The number of carbonyl (C=O) groups excluding carboxylic acids is 2. The van der Waals surface area contributed by atoms with Crippen LogP contribution in [-0.2, 0) is 0 Å². The topological polar surface area (TPSA) is 111 Å². The lowest BCUT2D eigenvalue weighted by molar-refractivity contribution is -0.384. The van der Waals surface area contributed by atoms with Gasteiger partial charge in [-0.25, -0.2) is 0 Å². The number of unbranched alkanes of at least 4 members (excludes halogenated alkanes) is 3. The largest absolute Gasteiger partial charge is 0.494 e. The maximum Gasteiger partial charge on any atom is 0.270 e. The normalized spacial score (nSPS) is 10.2. The first-order valence-corrected chi connectivity index (χ1v) is 9.09. The molecule has 2 aromatic carbocycles. The van der Waals surface area contributed by atoms with Gasteiger partial charge in [-0.05, 0) is 36.8 Å². The highest BCUT2D eigenvalue weighted by Gasteiger charge is 2.13. The van der Waals surface area contributed by atoms with Gasteiger partial charge in [0.15, 0.2) is 0 Å². The van der Waals surface area contributed by atoms with Crippen LogP contribution in [0.25, 0.3) is 0 Å². The molecule has 0 heterocycles. The van der Waals surface area contributed by atoms with Crippen molar-refractivity contribution < 1.29 is 19.2 Å². The van der Waals surface area contributed by atoms with Crippen molar-refractivity contribution in [3.63, 3.8) is 0 Å². The second kappa shape index (κ2) is 10.7. The van der Waals surface area contributed by atoms with Crippen LogP contribution in [0, 0.1) is 10.1 Å². The minimum absolute atomic E-state index is 0.0707. The Morgan fingerprint density at radius 1 is 0.964 bits per heavy atom. The molecule has 148 valence electrons. The Morgan fingerprint density at radius 3 is 2.29 bits per heavy atom. The van der Waals surface area contributed by atoms with Crippen LogP contribution in [0.15, 0.2) is 48.5 Å². The standard InChI is InChI=1S/C20H23N3O5/c1-2-3-4-5-13-28-18-11-9-15(10-12-18)19(24)21-22-20(25)16-7-6-8-17(14-16)23(26)27/h6-12,14H,2-5,13H2,1H3,(H,21,24)(H,22,25). The molecule has 28 heavy (non-hydrogen) atoms. The Labute approximate surface area is 163 Å². The van der Waals surface area contributed by atoms with Crippen molar-refractivity contribution in [1.82, 2.24) is 10.9 Å². The maximum absolute atomic E-state index is 12.1. The van der Waals surface area contributed by atoms with Crippen molar-refractivity contribution in [2.45, 2.75) is 32.6 Å². The number of hydrogen-bond acceptors (Lipinski definition) is 5. The lowest BCUT2D eigenvalue weighted by atomic mass is 10.2. The summed E-state index contributed by atoms with van der Waals surface area (Å²) in [7, 11) is 0. The van der Waals surface area contributed by atoms with E-state index in [0.29, 0.717) is 17.9 Å². The zero-order valence-electron chi connectivity index (χ0n) is 15.6. The molecule has 8 nitrogen and oxygen atoms in total. The van der Waals surface area contributed by atoms with Crippen molar-refractivity contribution >= 4 is 17.5 Å². The minimum Gasteiger partial charge on any atom is -0.494 e. The van der Waals surface area contributed by atoms with Gasteiger partial charge < -0.3 is 4.74 Å². The molecular formula is C20H23N3O5. The van der Waals surface area contributed by atoms with E-state index in [9.17, 15) is 19.7 Å². The molecule has 0 saturated heterocycles. The summed E-state index contributed by atoms with van der Waals surface area (Å²) in [4.78, 5) is 34.3. The second-order valence-electron chi connectivity index (χ2n) is 6.15. The Morgan fingerprint density at radius 2 is 1.64 bits per heavy atom. The number of ether oxygens (including phenoxy) is 1. The van der Waals surface area contributed by atoms with Crippen LogP contribution >= 0.6 is 0 Å². The molecule has 0 fully saturated rings. The van der Waals surface area contributed by atoms with Crippen molar-refractivity contribution in [2.24, 2.45) is 0 Å².